The smallest absolute Gasteiger partial charge is 0.210 e. The fourth-order valence-corrected chi connectivity index (χ4v) is 3.51. The molecule has 0 aliphatic carbocycles. The Kier molecular flexibility index (Phi) is 17.0. The van der Waals surface area contributed by atoms with Crippen molar-refractivity contribution in [3.63, 3.8) is 0 Å². The fourth-order valence-electron chi connectivity index (χ4n) is 2.95. The van der Waals surface area contributed by atoms with Gasteiger partial charge in [0, 0.05) is 6.54 Å². The van der Waals surface area contributed by atoms with Crippen molar-refractivity contribution in [2.45, 2.75) is 115 Å². The number of sulfonamides is 1. The van der Waals surface area contributed by atoms with Gasteiger partial charge in [0.2, 0.25) is 0 Å². The van der Waals surface area contributed by atoms with Crippen LogP contribution in [0.15, 0.2) is 0 Å². The van der Waals surface area contributed by atoms with Gasteiger partial charge in [0.1, 0.15) is 0 Å². The minimum atomic E-state index is -4.40. The predicted octanol–water partition coefficient (Wildman–Crippen LogP) is 6.39. The van der Waals surface area contributed by atoms with E-state index >= 15 is 0 Å². The van der Waals surface area contributed by atoms with Crippen molar-refractivity contribution in [1.82, 2.24) is 4.72 Å². The van der Waals surface area contributed by atoms with Crippen molar-refractivity contribution in [2.75, 3.05) is 6.54 Å². The van der Waals surface area contributed by atoms with Gasteiger partial charge in [-0.05, 0) is 6.42 Å². The highest BCUT2D eigenvalue weighted by molar-refractivity contribution is 7.89. The van der Waals surface area contributed by atoms with Crippen molar-refractivity contribution in [3.8, 4) is 0 Å². The molecule has 0 aliphatic rings. The van der Waals surface area contributed by atoms with Crippen molar-refractivity contribution in [3.05, 3.63) is 0 Å². The largest absolute Gasteiger partial charge is 0.350 e. The maximum absolute atomic E-state index is 12.1. The highest BCUT2D eigenvalue weighted by atomic mass is 32.2. The Balaban J connectivity index is 3.15. The normalized spacial score (nSPS) is 12.2. The molecule has 0 saturated heterocycles. The summed E-state index contributed by atoms with van der Waals surface area (Å²) in [7, 11) is -4.40. The molecule has 152 valence electrons. The summed E-state index contributed by atoms with van der Waals surface area (Å²) in [6.45, 7) is 2.37. The molecule has 0 radical (unpaired) electrons. The van der Waals surface area contributed by atoms with E-state index in [0.717, 1.165) is 19.3 Å². The van der Waals surface area contributed by atoms with Crippen LogP contribution < -0.4 is 4.72 Å². The molecule has 3 nitrogen and oxygen atoms in total. The van der Waals surface area contributed by atoms with Crippen LogP contribution >= 0.6 is 0 Å². The van der Waals surface area contributed by atoms with E-state index in [1.807, 2.05) is 4.72 Å². The van der Waals surface area contributed by atoms with Gasteiger partial charge in [-0.1, -0.05) is 103 Å². The molecule has 0 amide bonds. The second kappa shape index (κ2) is 17.2. The van der Waals surface area contributed by atoms with E-state index in [0.29, 0.717) is 6.42 Å². The Labute approximate surface area is 154 Å². The van der Waals surface area contributed by atoms with E-state index in [1.54, 1.807) is 0 Å². The van der Waals surface area contributed by atoms with Crippen LogP contribution in [0.1, 0.15) is 110 Å². The second-order valence-corrected chi connectivity index (χ2v) is 8.74. The lowest BCUT2D eigenvalue weighted by Gasteiger charge is -2.05. The molecule has 0 rings (SSSR count). The summed E-state index contributed by atoms with van der Waals surface area (Å²) in [5.74, 6) is -3.33. The van der Waals surface area contributed by atoms with Gasteiger partial charge in [0.15, 0.2) is 0 Å². The number of rotatable bonds is 19. The standard InChI is InChI=1S/C19H39F2NO2S/c1-2-3-4-5-6-7-8-9-10-11-12-13-14-15-16-17-18-22-25(23,24)19(20)21/h19,22H,2-18H2,1H3. The molecular formula is C19H39F2NO2S. The summed E-state index contributed by atoms with van der Waals surface area (Å²) in [6.07, 6.45) is 19.9. The Morgan fingerprint density at radius 1 is 0.640 bits per heavy atom. The van der Waals surface area contributed by atoms with E-state index in [9.17, 15) is 17.2 Å². The number of hydrogen-bond acceptors (Lipinski definition) is 2. The monoisotopic (exact) mass is 383 g/mol. The number of alkyl halides is 2. The van der Waals surface area contributed by atoms with Crippen LogP contribution in [0.4, 0.5) is 8.78 Å². The number of hydrogen-bond donors (Lipinski definition) is 1. The molecule has 0 spiro atoms. The maximum Gasteiger partial charge on any atom is 0.350 e. The molecule has 0 aromatic heterocycles. The molecule has 0 bridgehead atoms. The van der Waals surface area contributed by atoms with Crippen molar-refractivity contribution in [2.24, 2.45) is 0 Å². The summed E-state index contributed by atoms with van der Waals surface area (Å²) in [6, 6.07) is 0. The van der Waals surface area contributed by atoms with E-state index in [1.165, 1.54) is 77.0 Å². The Hall–Kier alpha value is -0.230. The molecule has 0 heterocycles. The zero-order chi connectivity index (χ0) is 18.8. The molecule has 0 aromatic rings. The first kappa shape index (κ1) is 24.8. The van der Waals surface area contributed by atoms with Crippen LogP contribution in [0.5, 0.6) is 0 Å². The number of unbranched alkanes of at least 4 members (excludes halogenated alkanes) is 15. The molecule has 6 heteroatoms. The van der Waals surface area contributed by atoms with Crippen molar-refractivity contribution < 1.29 is 17.2 Å². The topological polar surface area (TPSA) is 46.2 Å². The summed E-state index contributed by atoms with van der Waals surface area (Å²) >= 11 is 0. The van der Waals surface area contributed by atoms with E-state index in [4.69, 9.17) is 0 Å². The van der Waals surface area contributed by atoms with Gasteiger partial charge < -0.3 is 0 Å². The first-order valence-electron chi connectivity index (χ1n) is 10.3. The summed E-state index contributed by atoms with van der Waals surface area (Å²) in [5, 5.41) is 0. The highest BCUT2D eigenvalue weighted by Gasteiger charge is 2.22. The molecule has 25 heavy (non-hydrogen) atoms. The quantitative estimate of drug-likeness (QED) is 0.263. The van der Waals surface area contributed by atoms with Crippen LogP contribution in [-0.2, 0) is 10.0 Å². The molecule has 0 atom stereocenters. The van der Waals surface area contributed by atoms with Crippen LogP contribution in [0.25, 0.3) is 0 Å². The third-order valence-electron chi connectivity index (χ3n) is 4.57. The maximum atomic E-state index is 12.1. The average molecular weight is 384 g/mol. The van der Waals surface area contributed by atoms with Crippen molar-refractivity contribution in [1.29, 1.82) is 0 Å². The molecule has 0 fully saturated rings. The first-order valence-corrected chi connectivity index (χ1v) is 11.8. The van der Waals surface area contributed by atoms with E-state index in [2.05, 4.69) is 6.92 Å². The first-order chi connectivity index (χ1) is 12.0. The molecule has 0 aromatic carbocycles. The molecule has 0 aliphatic heterocycles. The van der Waals surface area contributed by atoms with Crippen LogP contribution in [0.3, 0.4) is 0 Å². The van der Waals surface area contributed by atoms with Gasteiger partial charge in [-0.2, -0.15) is 8.78 Å². The summed E-state index contributed by atoms with van der Waals surface area (Å²) in [5.41, 5.74) is 0. The molecule has 0 unspecified atom stereocenters. The molecular weight excluding hydrogens is 344 g/mol. The molecule has 1 N–H and O–H groups in total. The fraction of sp³-hybridized carbons (Fsp3) is 1.00. The number of halogens is 2. The van der Waals surface area contributed by atoms with Crippen LogP contribution in [0.2, 0.25) is 0 Å². The summed E-state index contributed by atoms with van der Waals surface area (Å²) in [4.78, 5) is 0. The van der Waals surface area contributed by atoms with E-state index < -0.39 is 15.8 Å². The minimum Gasteiger partial charge on any atom is -0.210 e. The Morgan fingerprint density at radius 2 is 0.960 bits per heavy atom. The second-order valence-electron chi connectivity index (χ2n) is 7.00. The van der Waals surface area contributed by atoms with Crippen LogP contribution in [0, 0.1) is 0 Å². The van der Waals surface area contributed by atoms with Gasteiger partial charge in [0.25, 0.3) is 10.0 Å². The lowest BCUT2D eigenvalue weighted by molar-refractivity contribution is 0.232. The van der Waals surface area contributed by atoms with Gasteiger partial charge in [-0.25, -0.2) is 13.1 Å². The zero-order valence-corrected chi connectivity index (χ0v) is 16.9. The minimum absolute atomic E-state index is 0.116. The van der Waals surface area contributed by atoms with Crippen molar-refractivity contribution >= 4 is 10.0 Å². The number of nitrogens with one attached hydrogen (secondary N) is 1. The van der Waals surface area contributed by atoms with Gasteiger partial charge in [0.05, 0.1) is 0 Å². The SMILES string of the molecule is CCCCCCCCCCCCCCCCCCNS(=O)(=O)C(F)F. The molecule has 0 saturated carbocycles. The predicted molar refractivity (Wildman–Crippen MR) is 102 cm³/mol. The average Bonchev–Trinajstić information content (AvgIpc) is 2.57. The summed E-state index contributed by atoms with van der Waals surface area (Å²) < 4.78 is 47.7. The van der Waals surface area contributed by atoms with Gasteiger partial charge >= 0.3 is 5.76 Å². The third kappa shape index (κ3) is 17.0. The lowest BCUT2D eigenvalue weighted by atomic mass is 10.0. The van der Waals surface area contributed by atoms with Crippen LogP contribution in [-0.4, -0.2) is 20.7 Å². The van der Waals surface area contributed by atoms with Gasteiger partial charge in [-0.3, -0.25) is 0 Å². The van der Waals surface area contributed by atoms with E-state index in [-0.39, 0.29) is 6.54 Å². The lowest BCUT2D eigenvalue weighted by Crippen LogP contribution is -2.30. The zero-order valence-electron chi connectivity index (χ0n) is 16.1. The van der Waals surface area contributed by atoms with Gasteiger partial charge in [-0.15, -0.1) is 0 Å². The third-order valence-corrected chi connectivity index (χ3v) is 5.64. The highest BCUT2D eigenvalue weighted by Crippen LogP contribution is 2.13. The Morgan fingerprint density at radius 3 is 1.28 bits per heavy atom. The Bertz CT molecular complexity index is 376.